The summed E-state index contributed by atoms with van der Waals surface area (Å²) in [6.07, 6.45) is -2.64. The van der Waals surface area contributed by atoms with Crippen LogP contribution in [-0.2, 0) is 11.0 Å². The summed E-state index contributed by atoms with van der Waals surface area (Å²) in [6, 6.07) is -0.548. The van der Waals surface area contributed by atoms with E-state index < -0.39 is 38.6 Å². The number of hydrogen-bond acceptors (Lipinski definition) is 3. The SMILES string of the molecule is CC1(C(=O)O)CCC(n2ncc(C(=O)I)c2C(F)(F)F)CC1. The number of nitrogens with zero attached hydrogens (tertiary/aromatic N) is 2. The van der Waals surface area contributed by atoms with E-state index in [0.717, 1.165) is 10.9 Å². The molecular weight excluding hydrogens is 416 g/mol. The molecule has 0 bridgehead atoms. The highest BCUT2D eigenvalue weighted by atomic mass is 127. The van der Waals surface area contributed by atoms with Crippen LogP contribution in [0, 0.1) is 5.41 Å². The van der Waals surface area contributed by atoms with Crippen molar-refractivity contribution in [3.05, 3.63) is 17.5 Å². The molecule has 1 heterocycles. The number of carboxylic acid groups (broad SMARTS) is 1. The second kappa shape index (κ2) is 5.82. The van der Waals surface area contributed by atoms with Crippen LogP contribution in [0.1, 0.15) is 54.7 Å². The monoisotopic (exact) mass is 430 g/mol. The van der Waals surface area contributed by atoms with Gasteiger partial charge in [-0.25, -0.2) is 0 Å². The lowest BCUT2D eigenvalue weighted by Crippen LogP contribution is -2.34. The van der Waals surface area contributed by atoms with Crippen molar-refractivity contribution in [1.29, 1.82) is 0 Å². The summed E-state index contributed by atoms with van der Waals surface area (Å²) in [5.41, 5.74) is -2.42. The molecule has 0 saturated heterocycles. The fourth-order valence-corrected chi connectivity index (χ4v) is 3.16. The van der Waals surface area contributed by atoms with Crippen molar-refractivity contribution >= 4 is 32.4 Å². The van der Waals surface area contributed by atoms with Gasteiger partial charge < -0.3 is 5.11 Å². The van der Waals surface area contributed by atoms with Gasteiger partial charge in [0.15, 0.2) is 5.69 Å². The lowest BCUT2D eigenvalue weighted by atomic mass is 9.74. The maximum absolute atomic E-state index is 13.2. The zero-order chi connectivity index (χ0) is 16.7. The molecular formula is C13H14F3IN2O3. The van der Waals surface area contributed by atoms with Crippen molar-refractivity contribution in [2.24, 2.45) is 5.41 Å². The maximum Gasteiger partial charge on any atom is 0.433 e. The van der Waals surface area contributed by atoms with Crippen LogP contribution in [0.3, 0.4) is 0 Å². The van der Waals surface area contributed by atoms with Gasteiger partial charge in [-0.2, -0.15) is 18.3 Å². The fourth-order valence-electron chi connectivity index (χ4n) is 2.76. The number of carboxylic acids is 1. The third kappa shape index (κ3) is 3.13. The van der Waals surface area contributed by atoms with Crippen molar-refractivity contribution in [2.45, 2.75) is 44.8 Å². The van der Waals surface area contributed by atoms with Crippen LogP contribution in [0.5, 0.6) is 0 Å². The van der Waals surface area contributed by atoms with E-state index in [0.29, 0.717) is 0 Å². The van der Waals surface area contributed by atoms with Crippen molar-refractivity contribution in [2.75, 3.05) is 0 Å². The lowest BCUT2D eigenvalue weighted by molar-refractivity contribution is -0.152. The summed E-state index contributed by atoms with van der Waals surface area (Å²) < 4.78 is 39.8. The van der Waals surface area contributed by atoms with Crippen LogP contribution in [0.2, 0.25) is 0 Å². The minimum Gasteiger partial charge on any atom is -0.481 e. The first-order valence-electron chi connectivity index (χ1n) is 6.64. The van der Waals surface area contributed by atoms with E-state index in [1.807, 2.05) is 0 Å². The van der Waals surface area contributed by atoms with Crippen LogP contribution < -0.4 is 0 Å². The van der Waals surface area contributed by atoms with E-state index in [2.05, 4.69) is 5.10 Å². The molecule has 122 valence electrons. The molecule has 0 atom stereocenters. The van der Waals surface area contributed by atoms with Gasteiger partial charge in [-0.05, 0) is 32.6 Å². The highest BCUT2D eigenvalue weighted by molar-refractivity contribution is 14.1. The molecule has 1 aliphatic rings. The number of alkyl halides is 3. The first kappa shape index (κ1) is 17.2. The number of aromatic nitrogens is 2. The van der Waals surface area contributed by atoms with Crippen molar-refractivity contribution in [1.82, 2.24) is 9.78 Å². The second-order valence-electron chi connectivity index (χ2n) is 5.72. The average Bonchev–Trinajstić information content (AvgIpc) is 2.84. The van der Waals surface area contributed by atoms with E-state index in [9.17, 15) is 22.8 Å². The number of halogens is 4. The third-order valence-corrected chi connectivity index (χ3v) is 4.78. The standard InChI is InChI=1S/C13H14F3IN2O3/c1-12(11(21)22)4-2-7(3-5-12)19-9(13(14,15)16)8(6-18-19)10(17)20/h6-7H,2-5H2,1H3,(H,21,22). The topological polar surface area (TPSA) is 72.2 Å². The number of carbonyl (C=O) groups is 2. The number of aliphatic carboxylic acids is 1. The molecule has 1 fully saturated rings. The summed E-state index contributed by atoms with van der Waals surface area (Å²) in [5.74, 6) is -0.939. The van der Waals surface area contributed by atoms with Gasteiger partial charge in [0.05, 0.1) is 23.2 Å². The van der Waals surface area contributed by atoms with Crippen LogP contribution >= 0.6 is 22.6 Å². The lowest BCUT2D eigenvalue weighted by Gasteiger charge is -2.34. The number of hydrogen-bond donors (Lipinski definition) is 1. The Hall–Kier alpha value is -1.13. The molecule has 0 unspecified atom stereocenters. The van der Waals surface area contributed by atoms with Crippen LogP contribution in [-0.4, -0.2) is 24.6 Å². The minimum absolute atomic E-state index is 0.275. The normalized spacial score (nSPS) is 26.0. The smallest absolute Gasteiger partial charge is 0.433 e. The van der Waals surface area contributed by atoms with Crippen LogP contribution in [0.25, 0.3) is 0 Å². The molecule has 0 aliphatic heterocycles. The second-order valence-corrected chi connectivity index (χ2v) is 6.70. The largest absolute Gasteiger partial charge is 0.481 e. The van der Waals surface area contributed by atoms with Crippen molar-refractivity contribution in [3.8, 4) is 0 Å². The molecule has 1 N–H and O–H groups in total. The van der Waals surface area contributed by atoms with Crippen molar-refractivity contribution in [3.63, 3.8) is 0 Å². The Labute approximate surface area is 138 Å². The molecule has 5 nitrogen and oxygen atoms in total. The summed E-state index contributed by atoms with van der Waals surface area (Å²) >= 11 is 1.30. The molecule has 9 heteroatoms. The molecule has 2 rings (SSSR count). The Morgan fingerprint density at radius 2 is 1.95 bits per heavy atom. The Morgan fingerprint density at radius 1 is 1.41 bits per heavy atom. The van der Waals surface area contributed by atoms with E-state index in [1.165, 1.54) is 22.6 Å². The summed E-state index contributed by atoms with van der Waals surface area (Å²) in [7, 11) is 0. The first-order valence-corrected chi connectivity index (χ1v) is 7.72. The summed E-state index contributed by atoms with van der Waals surface area (Å²) in [5, 5.41) is 12.9. The molecule has 0 radical (unpaired) electrons. The quantitative estimate of drug-likeness (QED) is 0.587. The van der Waals surface area contributed by atoms with Gasteiger partial charge in [0.1, 0.15) is 0 Å². The minimum atomic E-state index is -4.68. The van der Waals surface area contributed by atoms with Crippen molar-refractivity contribution < 1.29 is 27.9 Å². The highest BCUT2D eigenvalue weighted by Crippen LogP contribution is 2.43. The van der Waals surface area contributed by atoms with Gasteiger partial charge in [0.25, 0.3) is 0 Å². The zero-order valence-corrected chi connectivity index (χ0v) is 13.8. The van der Waals surface area contributed by atoms with Gasteiger partial charge in [-0.3, -0.25) is 14.3 Å². The predicted molar refractivity (Wildman–Crippen MR) is 78.8 cm³/mol. The Kier molecular flexibility index (Phi) is 4.56. The first-order chi connectivity index (χ1) is 10.1. The summed E-state index contributed by atoms with van der Waals surface area (Å²) in [4.78, 5) is 22.5. The fraction of sp³-hybridized carbons (Fsp3) is 0.615. The molecule has 22 heavy (non-hydrogen) atoms. The van der Waals surface area contributed by atoms with Gasteiger partial charge in [0, 0.05) is 22.6 Å². The highest BCUT2D eigenvalue weighted by Gasteiger charge is 2.44. The van der Waals surface area contributed by atoms with Gasteiger partial charge in [-0.1, -0.05) is 0 Å². The molecule has 1 saturated carbocycles. The van der Waals surface area contributed by atoms with Gasteiger partial charge in [0.2, 0.25) is 3.79 Å². The average molecular weight is 430 g/mol. The third-order valence-electron chi connectivity index (χ3n) is 4.20. The predicted octanol–water partition coefficient (Wildman–Crippen LogP) is 3.68. The Bertz CT molecular complexity index is 604. The zero-order valence-electron chi connectivity index (χ0n) is 11.7. The van der Waals surface area contributed by atoms with Crippen LogP contribution in [0.4, 0.5) is 13.2 Å². The maximum atomic E-state index is 13.2. The van der Waals surface area contributed by atoms with Crippen LogP contribution in [0.15, 0.2) is 6.20 Å². The summed E-state index contributed by atoms with van der Waals surface area (Å²) in [6.45, 7) is 1.60. The Balaban J connectivity index is 2.32. The van der Waals surface area contributed by atoms with E-state index in [4.69, 9.17) is 5.11 Å². The Morgan fingerprint density at radius 3 is 2.36 bits per heavy atom. The molecule has 0 spiro atoms. The van der Waals surface area contributed by atoms with Gasteiger partial charge >= 0.3 is 12.1 Å². The van der Waals surface area contributed by atoms with Gasteiger partial charge in [-0.15, -0.1) is 0 Å². The molecule has 1 aliphatic carbocycles. The van der Waals surface area contributed by atoms with E-state index >= 15 is 0 Å². The van der Waals surface area contributed by atoms with E-state index in [1.54, 1.807) is 6.92 Å². The van der Waals surface area contributed by atoms with E-state index in [-0.39, 0.29) is 25.7 Å². The number of carbonyl (C=O) groups excluding carboxylic acids is 1. The molecule has 1 aromatic heterocycles. The molecule has 0 aromatic carbocycles. The molecule has 1 aromatic rings. The number of rotatable bonds is 3. The molecule has 0 amide bonds.